The lowest BCUT2D eigenvalue weighted by Crippen LogP contribution is -2.02. The first-order valence-corrected chi connectivity index (χ1v) is 6.02. The normalized spacial score (nSPS) is 10.6. The van der Waals surface area contributed by atoms with E-state index in [0.29, 0.717) is 5.25 Å². The first-order chi connectivity index (χ1) is 7.69. The Morgan fingerprint density at radius 3 is 2.56 bits per heavy atom. The van der Waals surface area contributed by atoms with Crippen LogP contribution in [0.3, 0.4) is 0 Å². The summed E-state index contributed by atoms with van der Waals surface area (Å²) in [4.78, 5) is 1.08. The Kier molecular flexibility index (Phi) is 5.49. The van der Waals surface area contributed by atoms with Crippen molar-refractivity contribution < 1.29 is 14.2 Å². The van der Waals surface area contributed by atoms with Crippen molar-refractivity contribution in [2.24, 2.45) is 0 Å². The van der Waals surface area contributed by atoms with E-state index >= 15 is 0 Å². The molecular formula is C12H18O3S. The summed E-state index contributed by atoms with van der Waals surface area (Å²) >= 11 is 1.74. The summed E-state index contributed by atoms with van der Waals surface area (Å²) in [5.41, 5.74) is 0. The van der Waals surface area contributed by atoms with Gasteiger partial charge in [0.05, 0.1) is 12.0 Å². The zero-order valence-corrected chi connectivity index (χ0v) is 11.0. The second kappa shape index (κ2) is 6.66. The van der Waals surface area contributed by atoms with E-state index in [4.69, 9.17) is 14.2 Å². The van der Waals surface area contributed by atoms with Crippen molar-refractivity contribution in [1.82, 2.24) is 0 Å². The molecule has 0 aromatic heterocycles. The van der Waals surface area contributed by atoms with Crippen molar-refractivity contribution in [1.29, 1.82) is 0 Å². The van der Waals surface area contributed by atoms with Crippen LogP contribution in [0.4, 0.5) is 0 Å². The SMILES string of the molecule is COCOc1c(OC)cccc1SC(C)C. The standard InChI is InChI=1S/C12H18O3S/c1-9(2)16-11-7-5-6-10(14-4)12(11)15-8-13-3/h5-7,9H,8H2,1-4H3. The lowest BCUT2D eigenvalue weighted by Gasteiger charge is -2.15. The molecule has 0 radical (unpaired) electrons. The molecule has 0 aliphatic carbocycles. The van der Waals surface area contributed by atoms with Gasteiger partial charge in [0.1, 0.15) is 0 Å². The fourth-order valence-corrected chi connectivity index (χ4v) is 2.19. The van der Waals surface area contributed by atoms with Gasteiger partial charge in [-0.25, -0.2) is 0 Å². The van der Waals surface area contributed by atoms with Crippen molar-refractivity contribution in [3.05, 3.63) is 18.2 Å². The van der Waals surface area contributed by atoms with E-state index in [0.717, 1.165) is 16.4 Å². The highest BCUT2D eigenvalue weighted by Gasteiger charge is 2.12. The monoisotopic (exact) mass is 242 g/mol. The quantitative estimate of drug-likeness (QED) is 0.565. The number of hydrogen-bond donors (Lipinski definition) is 0. The fraction of sp³-hybridized carbons (Fsp3) is 0.500. The maximum Gasteiger partial charge on any atom is 0.188 e. The first kappa shape index (κ1) is 13.2. The van der Waals surface area contributed by atoms with Gasteiger partial charge in [-0.15, -0.1) is 11.8 Å². The highest BCUT2D eigenvalue weighted by Crippen LogP contribution is 2.39. The van der Waals surface area contributed by atoms with E-state index in [-0.39, 0.29) is 6.79 Å². The van der Waals surface area contributed by atoms with Crippen LogP contribution in [-0.4, -0.2) is 26.3 Å². The van der Waals surface area contributed by atoms with Crippen LogP contribution >= 0.6 is 11.8 Å². The smallest absolute Gasteiger partial charge is 0.188 e. The Labute approximate surface area is 101 Å². The van der Waals surface area contributed by atoms with Gasteiger partial charge in [-0.05, 0) is 12.1 Å². The number of thioether (sulfide) groups is 1. The van der Waals surface area contributed by atoms with Crippen LogP contribution in [-0.2, 0) is 4.74 Å². The van der Waals surface area contributed by atoms with E-state index in [1.54, 1.807) is 26.0 Å². The summed E-state index contributed by atoms with van der Waals surface area (Å²) < 4.78 is 15.7. The van der Waals surface area contributed by atoms with Gasteiger partial charge in [-0.2, -0.15) is 0 Å². The van der Waals surface area contributed by atoms with E-state index in [1.807, 2.05) is 18.2 Å². The van der Waals surface area contributed by atoms with Gasteiger partial charge in [-0.1, -0.05) is 19.9 Å². The number of hydrogen-bond acceptors (Lipinski definition) is 4. The second-order valence-electron chi connectivity index (χ2n) is 3.51. The Balaban J connectivity index is 2.95. The molecule has 0 heterocycles. The minimum absolute atomic E-state index is 0.228. The van der Waals surface area contributed by atoms with Crippen molar-refractivity contribution >= 4 is 11.8 Å². The predicted molar refractivity (Wildman–Crippen MR) is 66.5 cm³/mol. The predicted octanol–water partition coefficient (Wildman–Crippen LogP) is 3.18. The minimum Gasteiger partial charge on any atom is -0.493 e. The van der Waals surface area contributed by atoms with Crippen LogP contribution in [0, 0.1) is 0 Å². The van der Waals surface area contributed by atoms with E-state index in [2.05, 4.69) is 13.8 Å². The summed E-state index contributed by atoms with van der Waals surface area (Å²) in [6.45, 7) is 4.51. The molecule has 0 N–H and O–H groups in total. The molecule has 0 spiro atoms. The maximum atomic E-state index is 5.54. The average Bonchev–Trinajstić information content (AvgIpc) is 2.26. The first-order valence-electron chi connectivity index (χ1n) is 5.14. The molecule has 0 unspecified atom stereocenters. The molecular weight excluding hydrogens is 224 g/mol. The molecule has 0 saturated carbocycles. The van der Waals surface area contributed by atoms with Gasteiger partial charge in [-0.3, -0.25) is 0 Å². The van der Waals surface area contributed by atoms with Crippen LogP contribution in [0.15, 0.2) is 23.1 Å². The van der Waals surface area contributed by atoms with Gasteiger partial charge >= 0.3 is 0 Å². The molecule has 0 bridgehead atoms. The highest BCUT2D eigenvalue weighted by molar-refractivity contribution is 8.00. The van der Waals surface area contributed by atoms with Crippen LogP contribution in [0.1, 0.15) is 13.8 Å². The van der Waals surface area contributed by atoms with E-state index < -0.39 is 0 Å². The number of rotatable bonds is 6. The second-order valence-corrected chi connectivity index (χ2v) is 5.12. The van der Waals surface area contributed by atoms with E-state index in [9.17, 15) is 0 Å². The molecule has 1 rings (SSSR count). The Morgan fingerprint density at radius 2 is 2.00 bits per heavy atom. The largest absolute Gasteiger partial charge is 0.493 e. The zero-order chi connectivity index (χ0) is 12.0. The molecule has 3 nitrogen and oxygen atoms in total. The number of benzene rings is 1. The van der Waals surface area contributed by atoms with Gasteiger partial charge in [0.2, 0.25) is 0 Å². The van der Waals surface area contributed by atoms with Gasteiger partial charge in [0.15, 0.2) is 18.3 Å². The Bertz CT molecular complexity index is 326. The van der Waals surface area contributed by atoms with Crippen LogP contribution in [0.5, 0.6) is 11.5 Å². The van der Waals surface area contributed by atoms with Crippen molar-refractivity contribution in [3.63, 3.8) is 0 Å². The summed E-state index contributed by atoms with van der Waals surface area (Å²) in [6, 6.07) is 5.87. The summed E-state index contributed by atoms with van der Waals surface area (Å²) in [7, 11) is 3.24. The topological polar surface area (TPSA) is 27.7 Å². The van der Waals surface area contributed by atoms with Gasteiger partial charge in [0, 0.05) is 12.4 Å². The van der Waals surface area contributed by atoms with E-state index in [1.165, 1.54) is 0 Å². The molecule has 1 aromatic carbocycles. The van der Waals surface area contributed by atoms with Crippen molar-refractivity contribution in [2.45, 2.75) is 24.0 Å². The number of methoxy groups -OCH3 is 2. The molecule has 0 atom stereocenters. The lowest BCUT2D eigenvalue weighted by molar-refractivity contribution is 0.0471. The number of ether oxygens (including phenoxy) is 3. The number of para-hydroxylation sites is 1. The molecule has 0 aliphatic rings. The minimum atomic E-state index is 0.228. The molecule has 4 heteroatoms. The molecule has 1 aromatic rings. The molecule has 16 heavy (non-hydrogen) atoms. The van der Waals surface area contributed by atoms with Crippen LogP contribution < -0.4 is 9.47 Å². The van der Waals surface area contributed by atoms with Crippen molar-refractivity contribution in [3.8, 4) is 11.5 Å². The summed E-state index contributed by atoms with van der Waals surface area (Å²) in [6.07, 6.45) is 0. The Morgan fingerprint density at radius 1 is 1.25 bits per heavy atom. The van der Waals surface area contributed by atoms with Crippen LogP contribution in [0.25, 0.3) is 0 Å². The third-order valence-electron chi connectivity index (χ3n) is 1.85. The fourth-order valence-electron chi connectivity index (χ4n) is 1.26. The third kappa shape index (κ3) is 3.61. The molecule has 0 amide bonds. The van der Waals surface area contributed by atoms with Gasteiger partial charge < -0.3 is 14.2 Å². The third-order valence-corrected chi connectivity index (χ3v) is 2.89. The molecule has 0 fully saturated rings. The van der Waals surface area contributed by atoms with Crippen LogP contribution in [0.2, 0.25) is 0 Å². The highest BCUT2D eigenvalue weighted by atomic mass is 32.2. The average molecular weight is 242 g/mol. The Hall–Kier alpha value is -0.870. The zero-order valence-electron chi connectivity index (χ0n) is 10.1. The van der Waals surface area contributed by atoms with Crippen molar-refractivity contribution in [2.75, 3.05) is 21.0 Å². The maximum absolute atomic E-state index is 5.54. The van der Waals surface area contributed by atoms with Gasteiger partial charge in [0.25, 0.3) is 0 Å². The molecule has 90 valence electrons. The summed E-state index contributed by atoms with van der Waals surface area (Å²) in [5.74, 6) is 1.49. The summed E-state index contributed by atoms with van der Waals surface area (Å²) in [5, 5.41) is 0.497. The molecule has 0 aliphatic heterocycles. The molecule has 0 saturated heterocycles. The lowest BCUT2D eigenvalue weighted by atomic mass is 10.3.